The van der Waals surface area contributed by atoms with Crippen molar-refractivity contribution in [2.24, 2.45) is 4.99 Å². The molecule has 1 N–H and O–H groups in total. The van der Waals surface area contributed by atoms with Crippen LogP contribution in [0.4, 0.5) is 11.4 Å². The van der Waals surface area contributed by atoms with Crippen LogP contribution in [-0.2, 0) is 14.8 Å². The third kappa shape index (κ3) is 5.11. The number of rotatable bonds is 5. The Morgan fingerprint density at radius 3 is 2.67 bits per heavy atom. The fraction of sp³-hybridized carbons (Fsp3) is 0.500. The van der Waals surface area contributed by atoms with Gasteiger partial charge < -0.3 is 15.0 Å². The Morgan fingerprint density at radius 1 is 1.18 bits per heavy atom. The molecule has 0 unspecified atom stereocenters. The molecule has 0 amide bonds. The first kappa shape index (κ1) is 22.5. The van der Waals surface area contributed by atoms with Crippen LogP contribution in [0, 0.1) is 0 Å². The zero-order valence-electron chi connectivity index (χ0n) is 19.0. The van der Waals surface area contributed by atoms with E-state index in [9.17, 15) is 8.42 Å². The average molecular weight is 470 g/mol. The number of benzene rings is 1. The molecule has 176 valence electrons. The third-order valence-electron chi connectivity index (χ3n) is 6.76. The summed E-state index contributed by atoms with van der Waals surface area (Å²) in [6, 6.07) is 10.7. The highest BCUT2D eigenvalue weighted by Gasteiger charge is 2.26. The molecule has 0 aliphatic carbocycles. The Morgan fingerprint density at radius 2 is 1.97 bits per heavy atom. The zero-order valence-corrected chi connectivity index (χ0v) is 19.8. The minimum Gasteiger partial charge on any atom is -0.374 e. The minimum atomic E-state index is -3.10. The van der Waals surface area contributed by atoms with Crippen LogP contribution in [0.2, 0.25) is 0 Å². The lowest BCUT2D eigenvalue weighted by atomic mass is 9.89. The second-order valence-corrected chi connectivity index (χ2v) is 11.0. The summed E-state index contributed by atoms with van der Waals surface area (Å²) >= 11 is 0. The fourth-order valence-electron chi connectivity index (χ4n) is 4.89. The van der Waals surface area contributed by atoms with Crippen molar-refractivity contribution in [1.82, 2.24) is 14.6 Å². The molecule has 33 heavy (non-hydrogen) atoms. The minimum absolute atomic E-state index is 0.170. The largest absolute Gasteiger partial charge is 0.374 e. The number of aliphatic imine (C=N–C) groups is 1. The van der Waals surface area contributed by atoms with E-state index >= 15 is 0 Å². The van der Waals surface area contributed by atoms with Crippen LogP contribution in [0.15, 0.2) is 41.5 Å². The second kappa shape index (κ2) is 9.50. The number of ether oxygens (including phenoxy) is 1. The van der Waals surface area contributed by atoms with Crippen molar-refractivity contribution in [3.05, 3.63) is 42.1 Å². The number of piperidine rings is 1. The average Bonchev–Trinajstić information content (AvgIpc) is 2.84. The van der Waals surface area contributed by atoms with Crippen LogP contribution in [0.5, 0.6) is 0 Å². The summed E-state index contributed by atoms with van der Waals surface area (Å²) in [5, 5.41) is 3.40. The molecular weight excluding hydrogens is 438 g/mol. The predicted molar refractivity (Wildman–Crippen MR) is 131 cm³/mol. The molecule has 3 aliphatic heterocycles. The first-order valence-corrected chi connectivity index (χ1v) is 13.5. The number of sulfonamides is 1. The molecule has 8 nitrogen and oxygen atoms in total. The molecule has 0 bridgehead atoms. The molecule has 1 atom stereocenters. The molecule has 1 aromatic carbocycles. The number of hydrogen-bond acceptors (Lipinski definition) is 7. The van der Waals surface area contributed by atoms with Gasteiger partial charge in [-0.3, -0.25) is 9.98 Å². The number of morpholine rings is 1. The number of hydrogen-bond donors (Lipinski definition) is 1. The van der Waals surface area contributed by atoms with Crippen molar-refractivity contribution in [3.8, 4) is 11.3 Å². The number of anilines is 1. The van der Waals surface area contributed by atoms with Gasteiger partial charge in [-0.05, 0) is 30.4 Å². The lowest BCUT2D eigenvalue weighted by Gasteiger charge is -2.33. The van der Waals surface area contributed by atoms with Gasteiger partial charge in [0.25, 0.3) is 0 Å². The summed E-state index contributed by atoms with van der Waals surface area (Å²) in [6.45, 7) is 5.30. The van der Waals surface area contributed by atoms with Gasteiger partial charge in [-0.25, -0.2) is 12.7 Å². The van der Waals surface area contributed by atoms with E-state index in [2.05, 4.69) is 50.5 Å². The molecule has 0 saturated carbocycles. The van der Waals surface area contributed by atoms with Crippen molar-refractivity contribution in [2.75, 3.05) is 57.0 Å². The molecule has 2 saturated heterocycles. The molecule has 2 aromatic rings. The van der Waals surface area contributed by atoms with Crippen molar-refractivity contribution < 1.29 is 13.2 Å². The second-order valence-electron chi connectivity index (χ2n) is 9.03. The van der Waals surface area contributed by atoms with Crippen LogP contribution in [0.3, 0.4) is 0 Å². The Labute approximate surface area is 195 Å². The van der Waals surface area contributed by atoms with Gasteiger partial charge in [0, 0.05) is 44.5 Å². The van der Waals surface area contributed by atoms with Gasteiger partial charge in [-0.2, -0.15) is 0 Å². The van der Waals surface area contributed by atoms with E-state index in [1.54, 1.807) is 4.31 Å². The van der Waals surface area contributed by atoms with E-state index in [0.717, 1.165) is 68.3 Å². The summed E-state index contributed by atoms with van der Waals surface area (Å²) in [4.78, 5) is 11.5. The summed E-state index contributed by atoms with van der Waals surface area (Å²) in [6.07, 6.45) is 6.96. The Bertz CT molecular complexity index is 1110. The molecule has 9 heteroatoms. The highest BCUT2D eigenvalue weighted by Crippen LogP contribution is 2.35. The van der Waals surface area contributed by atoms with Crippen LogP contribution in [-0.4, -0.2) is 82.2 Å². The van der Waals surface area contributed by atoms with Crippen LogP contribution >= 0.6 is 0 Å². The molecule has 3 aliphatic rings. The maximum atomic E-state index is 11.8. The first-order valence-electron chi connectivity index (χ1n) is 11.6. The van der Waals surface area contributed by atoms with Crippen LogP contribution < -0.4 is 10.2 Å². The lowest BCUT2D eigenvalue weighted by Crippen LogP contribution is -2.46. The van der Waals surface area contributed by atoms with E-state index in [0.29, 0.717) is 19.0 Å². The van der Waals surface area contributed by atoms with Crippen molar-refractivity contribution in [1.29, 1.82) is 0 Å². The van der Waals surface area contributed by atoms with Crippen molar-refractivity contribution in [2.45, 2.75) is 24.9 Å². The number of nitrogens with one attached hydrogen (secondary N) is 1. The Kier molecular flexibility index (Phi) is 6.47. The summed E-state index contributed by atoms with van der Waals surface area (Å²) in [5.74, 6) is 0.391. The number of nitrogens with zero attached hydrogens (tertiary/aromatic N) is 4. The zero-order chi connectivity index (χ0) is 22.8. The molecule has 1 aromatic heterocycles. The fourth-order valence-corrected chi connectivity index (χ4v) is 5.76. The normalized spacial score (nSPS) is 22.3. The van der Waals surface area contributed by atoms with E-state index in [1.165, 1.54) is 11.8 Å². The number of pyridine rings is 1. The molecule has 0 spiro atoms. The standard InChI is InChI=1S/C24H31N5O3S/c1-33(30,31)29-10-6-19(7-11-29)18-2-4-20(5-3-18)22-14-24-23(16-27-22)26-8-12-28(24)17-21-15-25-9-13-32-21/h2-5,8,14,16,19,21,25H,6-7,9-13,15,17H2,1H3/t21-/m0/s1. The van der Waals surface area contributed by atoms with E-state index in [-0.39, 0.29) is 6.10 Å². The third-order valence-corrected chi connectivity index (χ3v) is 8.07. The van der Waals surface area contributed by atoms with Gasteiger partial charge in [-0.15, -0.1) is 0 Å². The van der Waals surface area contributed by atoms with Gasteiger partial charge in [-0.1, -0.05) is 24.3 Å². The van der Waals surface area contributed by atoms with Gasteiger partial charge in [0.2, 0.25) is 10.0 Å². The first-order chi connectivity index (χ1) is 16.0. The molecule has 5 rings (SSSR count). The summed E-state index contributed by atoms with van der Waals surface area (Å²) in [7, 11) is -3.10. The lowest BCUT2D eigenvalue weighted by molar-refractivity contribution is 0.0337. The maximum absolute atomic E-state index is 11.8. The predicted octanol–water partition coefficient (Wildman–Crippen LogP) is 2.40. The number of aromatic nitrogens is 1. The molecule has 0 radical (unpaired) electrons. The monoisotopic (exact) mass is 469 g/mol. The van der Waals surface area contributed by atoms with Crippen LogP contribution in [0.25, 0.3) is 11.3 Å². The van der Waals surface area contributed by atoms with E-state index in [4.69, 9.17) is 4.74 Å². The van der Waals surface area contributed by atoms with Gasteiger partial charge >= 0.3 is 0 Å². The van der Waals surface area contributed by atoms with E-state index in [1.807, 2.05) is 12.4 Å². The summed E-state index contributed by atoms with van der Waals surface area (Å²) < 4.78 is 31.0. The van der Waals surface area contributed by atoms with Crippen molar-refractivity contribution in [3.63, 3.8) is 0 Å². The van der Waals surface area contributed by atoms with Crippen molar-refractivity contribution >= 4 is 27.6 Å². The quantitative estimate of drug-likeness (QED) is 0.724. The highest BCUT2D eigenvalue weighted by molar-refractivity contribution is 7.88. The molecule has 2 fully saturated rings. The maximum Gasteiger partial charge on any atom is 0.211 e. The van der Waals surface area contributed by atoms with E-state index < -0.39 is 10.0 Å². The van der Waals surface area contributed by atoms with Gasteiger partial charge in [0.05, 0.1) is 43.1 Å². The Balaban J connectivity index is 1.30. The molecular formula is C24H31N5O3S. The van der Waals surface area contributed by atoms with Gasteiger partial charge in [0.15, 0.2) is 0 Å². The summed E-state index contributed by atoms with van der Waals surface area (Å²) in [5.41, 5.74) is 5.24. The van der Waals surface area contributed by atoms with Gasteiger partial charge in [0.1, 0.15) is 5.69 Å². The Hall–Kier alpha value is -2.33. The smallest absolute Gasteiger partial charge is 0.211 e. The number of fused-ring (bicyclic) bond motifs is 1. The molecule has 4 heterocycles. The van der Waals surface area contributed by atoms with Crippen LogP contribution in [0.1, 0.15) is 24.3 Å². The SMILES string of the molecule is CS(=O)(=O)N1CCC(c2ccc(-c3cc4c(cn3)N=CCN4C[C@@H]3CNCCO3)cc2)CC1. The topological polar surface area (TPSA) is 87.1 Å². The highest BCUT2D eigenvalue weighted by atomic mass is 32.2.